The summed E-state index contributed by atoms with van der Waals surface area (Å²) >= 11 is 0. The molecule has 1 aromatic heterocycles. The van der Waals surface area contributed by atoms with E-state index >= 15 is 0 Å². The molecule has 2 aromatic carbocycles. The van der Waals surface area contributed by atoms with Crippen LogP contribution in [0.15, 0.2) is 66.9 Å². The maximum Gasteiger partial charge on any atom is 0.238 e. The van der Waals surface area contributed by atoms with Crippen LogP contribution in [0.5, 0.6) is 0 Å². The molecule has 0 unspecified atom stereocenters. The van der Waals surface area contributed by atoms with Gasteiger partial charge in [0, 0.05) is 24.2 Å². The highest BCUT2D eigenvalue weighted by molar-refractivity contribution is 6.01. The molecule has 3 aromatic rings. The van der Waals surface area contributed by atoms with Crippen molar-refractivity contribution in [3.8, 4) is 0 Å². The van der Waals surface area contributed by atoms with Crippen LogP contribution in [0.3, 0.4) is 0 Å². The lowest BCUT2D eigenvalue weighted by Crippen LogP contribution is -2.37. The zero-order valence-electron chi connectivity index (χ0n) is 14.6. The number of nitrogens with one attached hydrogen (secondary N) is 1. The largest absolute Gasteiger partial charge is 0.324 e. The number of nitrogens with zero attached hydrogens (tertiary/aromatic N) is 2. The maximum absolute atomic E-state index is 12.6. The lowest BCUT2D eigenvalue weighted by molar-refractivity contribution is -0.117. The van der Waals surface area contributed by atoms with Crippen molar-refractivity contribution in [2.75, 3.05) is 11.9 Å². The molecule has 4 heteroatoms. The Morgan fingerprint density at radius 1 is 1.04 bits per heavy atom. The number of hydrogen-bond donors (Lipinski definition) is 1. The van der Waals surface area contributed by atoms with Crippen LogP contribution >= 0.6 is 0 Å². The van der Waals surface area contributed by atoms with Crippen molar-refractivity contribution >= 4 is 22.5 Å². The van der Waals surface area contributed by atoms with Crippen molar-refractivity contribution in [3.63, 3.8) is 0 Å². The summed E-state index contributed by atoms with van der Waals surface area (Å²) in [5, 5.41) is 3.99. The summed E-state index contributed by atoms with van der Waals surface area (Å²) in [5.41, 5.74) is 2.89. The van der Waals surface area contributed by atoms with Crippen LogP contribution in [0.2, 0.25) is 0 Å². The van der Waals surface area contributed by atoms with Crippen LogP contribution in [0, 0.1) is 0 Å². The molecule has 128 valence electrons. The second-order valence-electron chi connectivity index (χ2n) is 6.41. The zero-order chi connectivity index (χ0) is 17.6. The number of anilines is 1. The fourth-order valence-corrected chi connectivity index (χ4v) is 2.83. The molecule has 0 atom stereocenters. The van der Waals surface area contributed by atoms with Gasteiger partial charge in [-0.1, -0.05) is 36.4 Å². The zero-order valence-corrected chi connectivity index (χ0v) is 14.6. The SMILES string of the molecule is CC(C)N(CC(=O)Nc1cccc2ncccc12)Cc1ccccc1. The van der Waals surface area contributed by atoms with Crippen LogP contribution in [-0.2, 0) is 11.3 Å². The maximum atomic E-state index is 12.6. The van der Waals surface area contributed by atoms with Gasteiger partial charge in [-0.25, -0.2) is 0 Å². The van der Waals surface area contributed by atoms with E-state index in [4.69, 9.17) is 0 Å². The van der Waals surface area contributed by atoms with Crippen LogP contribution in [0.1, 0.15) is 19.4 Å². The van der Waals surface area contributed by atoms with Crippen LogP contribution in [0.4, 0.5) is 5.69 Å². The first-order chi connectivity index (χ1) is 12.1. The minimum Gasteiger partial charge on any atom is -0.324 e. The van der Waals surface area contributed by atoms with E-state index in [9.17, 15) is 4.79 Å². The van der Waals surface area contributed by atoms with Crippen molar-refractivity contribution in [1.82, 2.24) is 9.88 Å². The van der Waals surface area contributed by atoms with Gasteiger partial charge in [0.15, 0.2) is 0 Å². The first-order valence-corrected chi connectivity index (χ1v) is 8.55. The van der Waals surface area contributed by atoms with E-state index in [1.54, 1.807) is 6.20 Å². The van der Waals surface area contributed by atoms with Gasteiger partial charge in [0.2, 0.25) is 5.91 Å². The molecule has 25 heavy (non-hydrogen) atoms. The van der Waals surface area contributed by atoms with Gasteiger partial charge in [-0.2, -0.15) is 0 Å². The fraction of sp³-hybridized carbons (Fsp3) is 0.238. The van der Waals surface area contributed by atoms with Gasteiger partial charge in [0.1, 0.15) is 0 Å². The monoisotopic (exact) mass is 333 g/mol. The number of carbonyl (C=O) groups is 1. The normalized spacial score (nSPS) is 11.2. The molecule has 0 saturated heterocycles. The average molecular weight is 333 g/mol. The number of carbonyl (C=O) groups excluding carboxylic acids is 1. The molecule has 0 saturated carbocycles. The Balaban J connectivity index is 1.71. The second-order valence-corrected chi connectivity index (χ2v) is 6.41. The van der Waals surface area contributed by atoms with E-state index in [2.05, 4.69) is 41.2 Å². The van der Waals surface area contributed by atoms with E-state index in [-0.39, 0.29) is 11.9 Å². The third-order valence-corrected chi connectivity index (χ3v) is 4.23. The van der Waals surface area contributed by atoms with Crippen LogP contribution in [0.25, 0.3) is 10.9 Å². The summed E-state index contributed by atoms with van der Waals surface area (Å²) in [6.45, 7) is 5.32. The van der Waals surface area contributed by atoms with Gasteiger partial charge in [-0.15, -0.1) is 0 Å². The average Bonchev–Trinajstić information content (AvgIpc) is 2.62. The minimum absolute atomic E-state index is 0.0130. The van der Waals surface area contributed by atoms with Gasteiger partial charge >= 0.3 is 0 Å². The van der Waals surface area contributed by atoms with Crippen molar-refractivity contribution in [2.24, 2.45) is 0 Å². The minimum atomic E-state index is -0.0130. The Bertz CT molecular complexity index is 841. The quantitative estimate of drug-likeness (QED) is 0.739. The molecule has 1 amide bonds. The lowest BCUT2D eigenvalue weighted by atomic mass is 10.1. The number of benzene rings is 2. The number of rotatable bonds is 6. The Morgan fingerprint density at radius 3 is 2.60 bits per heavy atom. The van der Waals surface area contributed by atoms with Gasteiger partial charge < -0.3 is 5.32 Å². The van der Waals surface area contributed by atoms with Gasteiger partial charge in [0.25, 0.3) is 0 Å². The van der Waals surface area contributed by atoms with E-state index in [0.717, 1.165) is 23.1 Å². The van der Waals surface area contributed by atoms with Crippen LogP contribution in [-0.4, -0.2) is 28.4 Å². The molecule has 0 radical (unpaired) electrons. The van der Waals surface area contributed by atoms with Gasteiger partial charge in [-0.05, 0) is 43.7 Å². The summed E-state index contributed by atoms with van der Waals surface area (Å²) in [6, 6.07) is 20.1. The van der Waals surface area contributed by atoms with Crippen molar-refractivity contribution < 1.29 is 4.79 Å². The lowest BCUT2D eigenvalue weighted by Gasteiger charge is -2.26. The molecule has 3 rings (SSSR count). The second kappa shape index (κ2) is 7.90. The fourth-order valence-electron chi connectivity index (χ4n) is 2.83. The Morgan fingerprint density at radius 2 is 1.84 bits per heavy atom. The third-order valence-electron chi connectivity index (χ3n) is 4.23. The summed E-state index contributed by atoms with van der Waals surface area (Å²) < 4.78 is 0. The molecule has 1 N–H and O–H groups in total. The summed E-state index contributed by atoms with van der Waals surface area (Å²) in [5.74, 6) is -0.0130. The van der Waals surface area contributed by atoms with Crippen LogP contribution < -0.4 is 5.32 Å². The predicted octanol–water partition coefficient (Wildman–Crippen LogP) is 4.08. The highest BCUT2D eigenvalue weighted by atomic mass is 16.2. The predicted molar refractivity (Wildman–Crippen MR) is 102 cm³/mol. The molecule has 0 bridgehead atoms. The number of aromatic nitrogens is 1. The highest BCUT2D eigenvalue weighted by Gasteiger charge is 2.15. The first-order valence-electron chi connectivity index (χ1n) is 8.55. The van der Waals surface area contributed by atoms with E-state index in [1.807, 2.05) is 48.5 Å². The summed E-state index contributed by atoms with van der Waals surface area (Å²) in [6.07, 6.45) is 1.76. The Hall–Kier alpha value is -2.72. The van der Waals surface area contributed by atoms with Gasteiger partial charge in [-0.3, -0.25) is 14.7 Å². The number of hydrogen-bond acceptors (Lipinski definition) is 3. The molecule has 0 fully saturated rings. The molecule has 0 spiro atoms. The van der Waals surface area contributed by atoms with E-state index in [1.165, 1.54) is 5.56 Å². The molecular formula is C21H23N3O. The van der Waals surface area contributed by atoms with E-state index < -0.39 is 0 Å². The molecule has 0 aliphatic heterocycles. The van der Waals surface area contributed by atoms with Crippen molar-refractivity contribution in [2.45, 2.75) is 26.4 Å². The van der Waals surface area contributed by atoms with E-state index in [0.29, 0.717) is 6.54 Å². The molecule has 0 aliphatic carbocycles. The number of fused-ring (bicyclic) bond motifs is 1. The number of amides is 1. The Labute approximate surface area is 148 Å². The Kier molecular flexibility index (Phi) is 5.41. The summed E-state index contributed by atoms with van der Waals surface area (Å²) in [7, 11) is 0. The highest BCUT2D eigenvalue weighted by Crippen LogP contribution is 2.21. The molecule has 4 nitrogen and oxygen atoms in total. The smallest absolute Gasteiger partial charge is 0.238 e. The molecule has 0 aliphatic rings. The standard InChI is InChI=1S/C21H23N3O/c1-16(2)24(14-17-8-4-3-5-9-17)15-21(25)23-20-12-6-11-19-18(20)10-7-13-22-19/h3-13,16H,14-15H2,1-2H3,(H,23,25). The topological polar surface area (TPSA) is 45.2 Å². The molecular weight excluding hydrogens is 310 g/mol. The third kappa shape index (κ3) is 4.43. The molecule has 1 heterocycles. The number of pyridine rings is 1. The summed E-state index contributed by atoms with van der Waals surface area (Å²) in [4.78, 5) is 19.1. The van der Waals surface area contributed by atoms with Crippen molar-refractivity contribution in [1.29, 1.82) is 0 Å². The van der Waals surface area contributed by atoms with Crippen molar-refractivity contribution in [3.05, 3.63) is 72.4 Å². The van der Waals surface area contributed by atoms with Gasteiger partial charge in [0.05, 0.1) is 17.7 Å². The first kappa shape index (κ1) is 17.1.